The number of piperidine rings is 1. The van der Waals surface area contributed by atoms with E-state index in [0.717, 1.165) is 23.3 Å². The second-order valence-corrected chi connectivity index (χ2v) is 6.80. The van der Waals surface area contributed by atoms with Crippen LogP contribution in [0.1, 0.15) is 20.3 Å². The van der Waals surface area contributed by atoms with Crippen molar-refractivity contribution in [2.24, 2.45) is 5.92 Å². The molecule has 0 bridgehead atoms. The van der Waals surface area contributed by atoms with Crippen LogP contribution in [-0.4, -0.2) is 53.5 Å². The molecule has 5 heteroatoms. The Balaban J connectivity index is 1.83. The fourth-order valence-corrected chi connectivity index (χ4v) is 4.02. The molecule has 3 rings (SSSR count). The minimum absolute atomic E-state index is 0.0474. The van der Waals surface area contributed by atoms with E-state index in [-0.39, 0.29) is 15.0 Å². The molecule has 4 nitrogen and oxygen atoms in total. The van der Waals surface area contributed by atoms with Gasteiger partial charge in [-0.15, -0.1) is 0 Å². The van der Waals surface area contributed by atoms with Crippen molar-refractivity contribution in [2.75, 3.05) is 18.9 Å². The van der Waals surface area contributed by atoms with E-state index in [1.54, 1.807) is 0 Å². The summed E-state index contributed by atoms with van der Waals surface area (Å²) in [7, 11) is 2.22. The van der Waals surface area contributed by atoms with Gasteiger partial charge in [-0.1, -0.05) is 0 Å². The SMILES string of the molecule is CC1CN(C)C(C)CC1Nc1cccc2n[se]nc12. The zero-order valence-corrected chi connectivity index (χ0v) is 13.3. The molecule has 0 radical (unpaired) electrons. The number of hydrogen-bond acceptors (Lipinski definition) is 4. The molecule has 1 aliphatic heterocycles. The van der Waals surface area contributed by atoms with Gasteiger partial charge in [-0.2, -0.15) is 0 Å². The molecule has 0 saturated carbocycles. The van der Waals surface area contributed by atoms with E-state index >= 15 is 0 Å². The van der Waals surface area contributed by atoms with E-state index in [0.29, 0.717) is 18.0 Å². The van der Waals surface area contributed by atoms with Crippen molar-refractivity contribution < 1.29 is 0 Å². The summed E-state index contributed by atoms with van der Waals surface area (Å²) in [5, 5.41) is 3.71. The quantitative estimate of drug-likeness (QED) is 0.856. The summed E-state index contributed by atoms with van der Waals surface area (Å²) in [5.74, 6) is 0.654. The first-order valence-electron chi connectivity index (χ1n) is 6.83. The van der Waals surface area contributed by atoms with Crippen LogP contribution >= 0.6 is 0 Å². The molecule has 0 aliphatic carbocycles. The first kappa shape index (κ1) is 13.1. The number of nitrogens with one attached hydrogen (secondary N) is 1. The second kappa shape index (κ2) is 5.23. The maximum atomic E-state index is 4.55. The molecule has 102 valence electrons. The molecule has 3 unspecified atom stereocenters. The van der Waals surface area contributed by atoms with Gasteiger partial charge >= 0.3 is 120 Å². The van der Waals surface area contributed by atoms with E-state index in [4.69, 9.17) is 0 Å². The summed E-state index contributed by atoms with van der Waals surface area (Å²) in [6.07, 6.45) is 1.18. The zero-order chi connectivity index (χ0) is 13.4. The molecule has 0 spiro atoms. The number of hydrogen-bond donors (Lipinski definition) is 1. The molecule has 1 aliphatic rings. The van der Waals surface area contributed by atoms with Crippen LogP contribution < -0.4 is 5.32 Å². The van der Waals surface area contributed by atoms with Crippen molar-refractivity contribution in [3.63, 3.8) is 0 Å². The fraction of sp³-hybridized carbons (Fsp3) is 0.571. The van der Waals surface area contributed by atoms with Gasteiger partial charge in [0.05, 0.1) is 0 Å². The molecule has 3 atom stereocenters. The summed E-state index contributed by atoms with van der Waals surface area (Å²) in [6, 6.07) is 7.43. The Labute approximate surface area is 120 Å². The van der Waals surface area contributed by atoms with Crippen LogP contribution in [0.4, 0.5) is 5.69 Å². The number of anilines is 1. The van der Waals surface area contributed by atoms with Gasteiger partial charge < -0.3 is 0 Å². The summed E-state index contributed by atoms with van der Waals surface area (Å²) >= 11 is 0.0474. The summed E-state index contributed by atoms with van der Waals surface area (Å²) < 4.78 is 8.99. The van der Waals surface area contributed by atoms with Crippen molar-refractivity contribution in [3.05, 3.63) is 18.2 Å². The molecule has 1 aromatic heterocycles. The second-order valence-electron chi connectivity index (χ2n) is 5.69. The number of nitrogens with zero attached hydrogens (tertiary/aromatic N) is 3. The first-order valence-corrected chi connectivity index (χ1v) is 8.36. The molecule has 0 amide bonds. The molecule has 1 fully saturated rings. The normalized spacial score (nSPS) is 28.7. The Morgan fingerprint density at radius 2 is 2.16 bits per heavy atom. The van der Waals surface area contributed by atoms with Gasteiger partial charge in [-0.25, -0.2) is 0 Å². The van der Waals surface area contributed by atoms with Crippen LogP contribution in [0.2, 0.25) is 0 Å². The van der Waals surface area contributed by atoms with Crippen LogP contribution in [-0.2, 0) is 0 Å². The maximum absolute atomic E-state index is 4.55. The Morgan fingerprint density at radius 3 is 3.00 bits per heavy atom. The van der Waals surface area contributed by atoms with Crippen LogP contribution in [0.5, 0.6) is 0 Å². The topological polar surface area (TPSA) is 41.0 Å². The van der Waals surface area contributed by atoms with Gasteiger partial charge in [0.15, 0.2) is 0 Å². The van der Waals surface area contributed by atoms with Crippen molar-refractivity contribution in [2.45, 2.75) is 32.4 Å². The molecule has 2 heterocycles. The summed E-state index contributed by atoms with van der Waals surface area (Å²) in [4.78, 5) is 2.45. The van der Waals surface area contributed by atoms with E-state index in [1.807, 2.05) is 0 Å². The van der Waals surface area contributed by atoms with Gasteiger partial charge in [0.2, 0.25) is 0 Å². The first-order chi connectivity index (χ1) is 9.15. The number of aromatic nitrogens is 2. The Bertz CT molecular complexity index is 567. The van der Waals surface area contributed by atoms with Crippen LogP contribution in [0.3, 0.4) is 0 Å². The van der Waals surface area contributed by atoms with E-state index in [9.17, 15) is 0 Å². The van der Waals surface area contributed by atoms with Crippen LogP contribution in [0.15, 0.2) is 18.2 Å². The number of fused-ring (bicyclic) bond motifs is 1. The molecular weight excluding hydrogens is 303 g/mol. The predicted molar refractivity (Wildman–Crippen MR) is 79.8 cm³/mol. The molecule has 1 aromatic carbocycles. The Morgan fingerprint density at radius 1 is 1.32 bits per heavy atom. The number of rotatable bonds is 2. The van der Waals surface area contributed by atoms with Gasteiger partial charge in [0.25, 0.3) is 0 Å². The molecule has 1 saturated heterocycles. The third-order valence-electron chi connectivity index (χ3n) is 4.24. The average molecular weight is 323 g/mol. The van der Waals surface area contributed by atoms with Gasteiger partial charge in [-0.3, -0.25) is 0 Å². The molecular formula is C14H20N4Se. The Hall–Kier alpha value is -0.901. The van der Waals surface area contributed by atoms with E-state index < -0.39 is 0 Å². The van der Waals surface area contributed by atoms with Crippen LogP contribution in [0.25, 0.3) is 11.0 Å². The van der Waals surface area contributed by atoms with Gasteiger partial charge in [-0.05, 0) is 0 Å². The van der Waals surface area contributed by atoms with Crippen molar-refractivity contribution in [3.8, 4) is 0 Å². The number of likely N-dealkylation sites (tertiary alicyclic amines) is 1. The van der Waals surface area contributed by atoms with Crippen LogP contribution in [0, 0.1) is 5.92 Å². The third-order valence-corrected chi connectivity index (χ3v) is 5.38. The zero-order valence-electron chi connectivity index (χ0n) is 11.6. The van der Waals surface area contributed by atoms with Gasteiger partial charge in [0, 0.05) is 0 Å². The summed E-state index contributed by atoms with van der Waals surface area (Å²) in [6.45, 7) is 5.78. The van der Waals surface area contributed by atoms with E-state index in [2.05, 4.69) is 57.3 Å². The molecule has 19 heavy (non-hydrogen) atoms. The standard InChI is InChI=1S/C14H20N4Se/c1-9-8-18(3)10(2)7-13(9)15-11-5-4-6-12-14(11)17-19-16-12/h4-6,9-10,13,15H,7-8H2,1-3H3. The molecule has 1 N–H and O–H groups in total. The van der Waals surface area contributed by atoms with Crippen molar-refractivity contribution >= 4 is 31.7 Å². The monoisotopic (exact) mass is 324 g/mol. The molecule has 2 aromatic rings. The fourth-order valence-electron chi connectivity index (χ4n) is 2.86. The van der Waals surface area contributed by atoms with Gasteiger partial charge in [0.1, 0.15) is 0 Å². The van der Waals surface area contributed by atoms with Crippen molar-refractivity contribution in [1.29, 1.82) is 0 Å². The average Bonchev–Trinajstić information content (AvgIpc) is 2.85. The minimum atomic E-state index is 0.0474. The summed E-state index contributed by atoms with van der Waals surface area (Å²) in [5.41, 5.74) is 3.29. The number of benzene rings is 1. The predicted octanol–water partition coefficient (Wildman–Crippen LogP) is 1.83. The third kappa shape index (κ3) is 2.55. The Kier molecular flexibility index (Phi) is 3.61. The van der Waals surface area contributed by atoms with Crippen molar-refractivity contribution in [1.82, 2.24) is 12.9 Å². The van der Waals surface area contributed by atoms with E-state index in [1.165, 1.54) is 6.42 Å².